The van der Waals surface area contributed by atoms with E-state index in [-0.39, 0.29) is 14.2 Å². The number of hydrogen-bond donors (Lipinski definition) is 0. The van der Waals surface area contributed by atoms with Gasteiger partial charge in [0.05, 0.1) is 0 Å². The van der Waals surface area contributed by atoms with Gasteiger partial charge in [-0.15, -0.1) is 35.3 Å². The SMILES string of the molecule is CC(C)(C)Sc1cc(SC(C)(C)C)cc(SC(C)(C)C)c1. The van der Waals surface area contributed by atoms with Crippen LogP contribution in [0.1, 0.15) is 62.3 Å². The van der Waals surface area contributed by atoms with Crippen LogP contribution < -0.4 is 0 Å². The molecule has 0 N–H and O–H groups in total. The second-order valence-corrected chi connectivity index (χ2v) is 14.0. The first-order chi connectivity index (χ1) is 9.23. The number of hydrogen-bond acceptors (Lipinski definition) is 3. The van der Waals surface area contributed by atoms with E-state index >= 15 is 0 Å². The Morgan fingerprint density at radius 1 is 0.476 bits per heavy atom. The van der Waals surface area contributed by atoms with Crippen molar-refractivity contribution in [1.29, 1.82) is 0 Å². The molecule has 0 bridgehead atoms. The predicted octanol–water partition coefficient (Wildman–Crippen LogP) is 7.36. The fourth-order valence-electron chi connectivity index (χ4n) is 1.78. The van der Waals surface area contributed by atoms with Crippen molar-refractivity contribution in [3.8, 4) is 0 Å². The molecule has 0 radical (unpaired) electrons. The molecule has 1 rings (SSSR count). The second-order valence-electron chi connectivity index (χ2n) is 8.28. The van der Waals surface area contributed by atoms with E-state index < -0.39 is 0 Å². The first-order valence-corrected chi connectivity index (χ1v) is 9.91. The molecule has 0 spiro atoms. The first-order valence-electron chi connectivity index (χ1n) is 7.46. The Labute approximate surface area is 144 Å². The number of thioether (sulfide) groups is 3. The Morgan fingerprint density at radius 2 is 0.667 bits per heavy atom. The van der Waals surface area contributed by atoms with Crippen molar-refractivity contribution in [3.63, 3.8) is 0 Å². The van der Waals surface area contributed by atoms with Crippen molar-refractivity contribution >= 4 is 35.3 Å². The zero-order chi connectivity index (χ0) is 16.5. The molecule has 0 aromatic heterocycles. The average Bonchev–Trinajstić information content (AvgIpc) is 2.06. The summed E-state index contributed by atoms with van der Waals surface area (Å²) >= 11 is 5.86. The Bertz CT molecular complexity index is 387. The molecule has 0 fully saturated rings. The molecule has 0 heterocycles. The predicted molar refractivity (Wildman–Crippen MR) is 103 cm³/mol. The standard InChI is InChI=1S/C18H30S3/c1-16(2,3)19-13-10-14(20-17(4,5)6)12-15(11-13)21-18(7,8)9/h10-12H,1-9H3. The number of benzene rings is 1. The van der Waals surface area contributed by atoms with Crippen LogP contribution in [-0.4, -0.2) is 14.2 Å². The van der Waals surface area contributed by atoms with Gasteiger partial charge in [0, 0.05) is 28.9 Å². The lowest BCUT2D eigenvalue weighted by atomic mass is 10.3. The van der Waals surface area contributed by atoms with Gasteiger partial charge in [-0.3, -0.25) is 0 Å². The van der Waals surface area contributed by atoms with Crippen LogP contribution in [0.5, 0.6) is 0 Å². The average molecular weight is 343 g/mol. The Balaban J connectivity index is 3.13. The maximum Gasteiger partial charge on any atom is 0.0122 e. The molecule has 3 heteroatoms. The maximum absolute atomic E-state index is 2.35. The zero-order valence-corrected chi connectivity index (χ0v) is 17.4. The van der Waals surface area contributed by atoms with Crippen molar-refractivity contribution in [3.05, 3.63) is 18.2 Å². The molecule has 0 aliphatic heterocycles. The normalized spacial score (nSPS) is 13.6. The van der Waals surface area contributed by atoms with Gasteiger partial charge >= 0.3 is 0 Å². The fraction of sp³-hybridized carbons (Fsp3) is 0.667. The molecule has 0 amide bonds. The fourth-order valence-corrected chi connectivity index (χ4v) is 5.24. The summed E-state index contributed by atoms with van der Waals surface area (Å²) in [5, 5.41) is 0. The molecule has 0 aliphatic rings. The van der Waals surface area contributed by atoms with Crippen LogP contribution in [0.25, 0.3) is 0 Å². The minimum atomic E-state index is 0.245. The van der Waals surface area contributed by atoms with Crippen molar-refractivity contribution in [1.82, 2.24) is 0 Å². The van der Waals surface area contributed by atoms with Gasteiger partial charge in [0.15, 0.2) is 0 Å². The zero-order valence-electron chi connectivity index (χ0n) is 15.0. The third-order valence-corrected chi connectivity index (χ3v) is 5.38. The van der Waals surface area contributed by atoms with Crippen LogP contribution in [0.3, 0.4) is 0 Å². The van der Waals surface area contributed by atoms with Gasteiger partial charge in [0.25, 0.3) is 0 Å². The highest BCUT2D eigenvalue weighted by molar-refractivity contribution is 8.02. The summed E-state index contributed by atoms with van der Waals surface area (Å²) in [6.45, 7) is 20.5. The third-order valence-electron chi connectivity index (χ3n) is 2.13. The van der Waals surface area contributed by atoms with Crippen LogP contribution in [0.4, 0.5) is 0 Å². The molecule has 0 atom stereocenters. The molecule has 120 valence electrons. The van der Waals surface area contributed by atoms with E-state index in [4.69, 9.17) is 0 Å². The Hall–Kier alpha value is 0.270. The maximum atomic E-state index is 2.35. The Morgan fingerprint density at radius 3 is 0.810 bits per heavy atom. The van der Waals surface area contributed by atoms with Crippen molar-refractivity contribution in [2.45, 2.75) is 91.2 Å². The van der Waals surface area contributed by atoms with Crippen LogP contribution in [0, 0.1) is 0 Å². The topological polar surface area (TPSA) is 0 Å². The summed E-state index contributed by atoms with van der Waals surface area (Å²) in [6, 6.07) is 7.04. The minimum absolute atomic E-state index is 0.245. The molecule has 0 saturated carbocycles. The number of rotatable bonds is 3. The summed E-state index contributed by atoms with van der Waals surface area (Å²) in [6.07, 6.45) is 0. The van der Waals surface area contributed by atoms with E-state index in [1.807, 2.05) is 35.3 Å². The van der Waals surface area contributed by atoms with Gasteiger partial charge in [-0.2, -0.15) is 0 Å². The van der Waals surface area contributed by atoms with Gasteiger partial charge in [-0.1, -0.05) is 62.3 Å². The van der Waals surface area contributed by atoms with Gasteiger partial charge in [0.1, 0.15) is 0 Å². The largest absolute Gasteiger partial charge is 0.120 e. The van der Waals surface area contributed by atoms with Crippen molar-refractivity contribution < 1.29 is 0 Å². The smallest absolute Gasteiger partial charge is 0.0122 e. The van der Waals surface area contributed by atoms with E-state index in [1.54, 1.807) is 0 Å². The van der Waals surface area contributed by atoms with Crippen LogP contribution >= 0.6 is 35.3 Å². The van der Waals surface area contributed by atoms with E-state index in [0.29, 0.717) is 0 Å². The van der Waals surface area contributed by atoms with Crippen molar-refractivity contribution in [2.75, 3.05) is 0 Å². The molecular weight excluding hydrogens is 312 g/mol. The van der Waals surface area contributed by atoms with Gasteiger partial charge in [-0.05, 0) is 18.2 Å². The highest BCUT2D eigenvalue weighted by Gasteiger charge is 2.19. The van der Waals surface area contributed by atoms with Crippen LogP contribution in [0.2, 0.25) is 0 Å². The van der Waals surface area contributed by atoms with E-state index in [9.17, 15) is 0 Å². The van der Waals surface area contributed by atoms with Crippen LogP contribution in [-0.2, 0) is 0 Å². The molecular formula is C18H30S3. The summed E-state index contributed by atoms with van der Waals surface area (Å²) in [5.74, 6) is 0. The molecule has 0 nitrogen and oxygen atoms in total. The summed E-state index contributed by atoms with van der Waals surface area (Å²) < 4.78 is 0.734. The highest BCUT2D eigenvalue weighted by Crippen LogP contribution is 2.42. The van der Waals surface area contributed by atoms with E-state index in [2.05, 4.69) is 80.5 Å². The molecule has 0 saturated heterocycles. The quantitative estimate of drug-likeness (QED) is 0.527. The third kappa shape index (κ3) is 9.10. The van der Waals surface area contributed by atoms with Gasteiger partial charge in [0.2, 0.25) is 0 Å². The second kappa shape index (κ2) is 6.80. The van der Waals surface area contributed by atoms with E-state index in [1.165, 1.54) is 14.7 Å². The van der Waals surface area contributed by atoms with Gasteiger partial charge in [-0.25, -0.2) is 0 Å². The molecule has 1 aromatic carbocycles. The van der Waals surface area contributed by atoms with E-state index in [0.717, 1.165) is 0 Å². The lowest BCUT2D eigenvalue weighted by molar-refractivity contribution is 0.797. The van der Waals surface area contributed by atoms with Crippen molar-refractivity contribution in [2.24, 2.45) is 0 Å². The summed E-state index contributed by atoms with van der Waals surface area (Å²) in [5.41, 5.74) is 0. The van der Waals surface area contributed by atoms with Gasteiger partial charge < -0.3 is 0 Å². The first kappa shape index (κ1) is 19.3. The molecule has 21 heavy (non-hydrogen) atoms. The molecule has 0 unspecified atom stereocenters. The molecule has 1 aromatic rings. The van der Waals surface area contributed by atoms with Crippen LogP contribution in [0.15, 0.2) is 32.9 Å². The lowest BCUT2D eigenvalue weighted by Crippen LogP contribution is -2.09. The monoisotopic (exact) mass is 342 g/mol. The lowest BCUT2D eigenvalue weighted by Gasteiger charge is -2.23. The molecule has 0 aliphatic carbocycles. The minimum Gasteiger partial charge on any atom is -0.120 e. The highest BCUT2D eigenvalue weighted by atomic mass is 32.2. The summed E-state index contributed by atoms with van der Waals surface area (Å²) in [4.78, 5) is 4.13. The Kier molecular flexibility index (Phi) is 6.26. The summed E-state index contributed by atoms with van der Waals surface area (Å²) in [7, 11) is 0.